The van der Waals surface area contributed by atoms with E-state index in [-0.39, 0.29) is 11.8 Å². The topological polar surface area (TPSA) is 62.3 Å². The van der Waals surface area contributed by atoms with Gasteiger partial charge < -0.3 is 10.2 Å². The molecule has 0 bridgehead atoms. The molecule has 4 rings (SSSR count). The highest BCUT2D eigenvalue weighted by Crippen LogP contribution is 2.36. The van der Waals surface area contributed by atoms with Gasteiger partial charge in [-0.25, -0.2) is 0 Å². The summed E-state index contributed by atoms with van der Waals surface area (Å²) in [6.45, 7) is 3.67. The molecule has 0 atom stereocenters. The van der Waals surface area contributed by atoms with Crippen LogP contribution in [0.25, 0.3) is 11.1 Å². The first-order valence-corrected chi connectivity index (χ1v) is 11.2. The fourth-order valence-corrected chi connectivity index (χ4v) is 4.48. The summed E-state index contributed by atoms with van der Waals surface area (Å²) in [5, 5.41) is 3.04. The molecule has 1 N–H and O–H groups in total. The SMILES string of the molecule is CCNC(=O)C1(Cc2ccc(-c3ccccc3)cc2)CCN(C(=O)c2cccnc2)CC1. The van der Waals surface area contributed by atoms with Crippen LogP contribution in [-0.4, -0.2) is 41.3 Å². The van der Waals surface area contributed by atoms with Crippen molar-refractivity contribution >= 4 is 11.8 Å². The molecule has 3 aromatic rings. The van der Waals surface area contributed by atoms with Gasteiger partial charge in [-0.15, -0.1) is 0 Å². The Morgan fingerprint density at radius 2 is 1.62 bits per heavy atom. The zero-order valence-electron chi connectivity index (χ0n) is 18.5. The van der Waals surface area contributed by atoms with Gasteiger partial charge in [-0.05, 0) is 55.0 Å². The van der Waals surface area contributed by atoms with E-state index in [1.807, 2.05) is 30.0 Å². The molecule has 0 aliphatic carbocycles. The van der Waals surface area contributed by atoms with Crippen LogP contribution in [0.5, 0.6) is 0 Å². The number of piperidine rings is 1. The van der Waals surface area contributed by atoms with Crippen LogP contribution in [0.4, 0.5) is 0 Å². The van der Waals surface area contributed by atoms with Crippen molar-refractivity contribution in [2.75, 3.05) is 19.6 Å². The number of aromatic nitrogens is 1. The minimum atomic E-state index is -0.504. The lowest BCUT2D eigenvalue weighted by atomic mass is 9.72. The van der Waals surface area contributed by atoms with Crippen molar-refractivity contribution in [2.45, 2.75) is 26.2 Å². The molecule has 164 valence electrons. The zero-order chi connectivity index (χ0) is 22.4. The lowest BCUT2D eigenvalue weighted by Crippen LogP contribution is -2.51. The van der Waals surface area contributed by atoms with Crippen LogP contribution < -0.4 is 5.32 Å². The molecule has 1 fully saturated rings. The van der Waals surface area contributed by atoms with Gasteiger partial charge in [0.15, 0.2) is 0 Å². The van der Waals surface area contributed by atoms with E-state index in [1.54, 1.807) is 24.5 Å². The van der Waals surface area contributed by atoms with Crippen molar-refractivity contribution < 1.29 is 9.59 Å². The van der Waals surface area contributed by atoms with Gasteiger partial charge in [0.1, 0.15) is 0 Å². The predicted molar refractivity (Wildman–Crippen MR) is 126 cm³/mol. The van der Waals surface area contributed by atoms with Crippen LogP contribution in [0.15, 0.2) is 79.1 Å². The van der Waals surface area contributed by atoms with Gasteiger partial charge in [-0.1, -0.05) is 54.6 Å². The second-order valence-electron chi connectivity index (χ2n) is 8.41. The summed E-state index contributed by atoms with van der Waals surface area (Å²) in [6.07, 6.45) is 5.22. The van der Waals surface area contributed by atoms with Gasteiger partial charge in [0.2, 0.25) is 5.91 Å². The molecule has 2 aromatic carbocycles. The predicted octanol–water partition coefficient (Wildman–Crippen LogP) is 4.35. The number of benzene rings is 2. The fraction of sp³-hybridized carbons (Fsp3) is 0.296. The van der Waals surface area contributed by atoms with E-state index in [2.05, 4.69) is 46.7 Å². The van der Waals surface area contributed by atoms with Crippen molar-refractivity contribution in [3.63, 3.8) is 0 Å². The Bertz CT molecular complexity index is 1040. The average molecular weight is 428 g/mol. The first-order chi connectivity index (χ1) is 15.6. The fourth-order valence-electron chi connectivity index (χ4n) is 4.48. The Labute approximate surface area is 189 Å². The monoisotopic (exact) mass is 427 g/mol. The number of hydrogen-bond acceptors (Lipinski definition) is 3. The standard InChI is InChI=1S/C27H29N3O2/c1-2-29-26(32)27(14-17-30(18-15-27)25(31)24-9-6-16-28-20-24)19-21-10-12-23(13-11-21)22-7-4-3-5-8-22/h3-13,16,20H,2,14-15,17-19H2,1H3,(H,29,32). The third-order valence-electron chi connectivity index (χ3n) is 6.34. The molecule has 5 nitrogen and oxygen atoms in total. The molecule has 1 saturated heterocycles. The van der Waals surface area contributed by atoms with Crippen LogP contribution in [0.3, 0.4) is 0 Å². The number of amides is 2. The molecule has 2 heterocycles. The highest BCUT2D eigenvalue weighted by Gasteiger charge is 2.42. The van der Waals surface area contributed by atoms with Crippen molar-refractivity contribution in [3.8, 4) is 11.1 Å². The molecule has 1 aromatic heterocycles. The Morgan fingerprint density at radius 3 is 2.25 bits per heavy atom. The van der Waals surface area contributed by atoms with Gasteiger partial charge in [-0.3, -0.25) is 14.6 Å². The average Bonchev–Trinajstić information content (AvgIpc) is 2.86. The Balaban J connectivity index is 1.49. The Kier molecular flexibility index (Phi) is 6.64. The smallest absolute Gasteiger partial charge is 0.255 e. The quantitative estimate of drug-likeness (QED) is 0.636. The van der Waals surface area contributed by atoms with Gasteiger partial charge in [-0.2, -0.15) is 0 Å². The summed E-state index contributed by atoms with van der Waals surface area (Å²) in [6, 6.07) is 22.3. The van der Waals surface area contributed by atoms with Crippen molar-refractivity contribution in [1.82, 2.24) is 15.2 Å². The maximum absolute atomic E-state index is 13.1. The van der Waals surface area contributed by atoms with E-state index in [4.69, 9.17) is 0 Å². The van der Waals surface area contributed by atoms with Crippen LogP contribution in [0.2, 0.25) is 0 Å². The van der Waals surface area contributed by atoms with Gasteiger partial charge in [0, 0.05) is 32.0 Å². The summed E-state index contributed by atoms with van der Waals surface area (Å²) in [4.78, 5) is 31.9. The third-order valence-corrected chi connectivity index (χ3v) is 6.34. The van der Waals surface area contributed by atoms with E-state index < -0.39 is 5.41 Å². The number of nitrogens with one attached hydrogen (secondary N) is 1. The second kappa shape index (κ2) is 9.77. The summed E-state index contributed by atoms with van der Waals surface area (Å²) >= 11 is 0. The molecule has 5 heteroatoms. The molecular formula is C27H29N3O2. The van der Waals surface area contributed by atoms with Gasteiger partial charge in [0.05, 0.1) is 11.0 Å². The van der Waals surface area contributed by atoms with E-state index in [0.717, 1.165) is 5.56 Å². The number of hydrogen-bond donors (Lipinski definition) is 1. The molecule has 0 spiro atoms. The lowest BCUT2D eigenvalue weighted by molar-refractivity contribution is -0.133. The highest BCUT2D eigenvalue weighted by molar-refractivity contribution is 5.94. The molecule has 0 saturated carbocycles. The van der Waals surface area contributed by atoms with E-state index >= 15 is 0 Å². The van der Waals surface area contributed by atoms with Crippen LogP contribution >= 0.6 is 0 Å². The first-order valence-electron chi connectivity index (χ1n) is 11.2. The van der Waals surface area contributed by atoms with E-state index in [9.17, 15) is 9.59 Å². The molecule has 1 aliphatic heterocycles. The van der Waals surface area contributed by atoms with Crippen molar-refractivity contribution in [1.29, 1.82) is 0 Å². The first kappa shape index (κ1) is 21.8. The minimum Gasteiger partial charge on any atom is -0.356 e. The van der Waals surface area contributed by atoms with Gasteiger partial charge >= 0.3 is 0 Å². The molecular weight excluding hydrogens is 398 g/mol. The minimum absolute atomic E-state index is 0.0187. The van der Waals surface area contributed by atoms with Crippen molar-refractivity contribution in [2.24, 2.45) is 5.41 Å². The van der Waals surface area contributed by atoms with Gasteiger partial charge in [0.25, 0.3) is 5.91 Å². The Hall–Kier alpha value is -3.47. The second-order valence-corrected chi connectivity index (χ2v) is 8.41. The number of nitrogens with zero attached hydrogens (tertiary/aromatic N) is 2. The summed E-state index contributed by atoms with van der Waals surface area (Å²) in [5.74, 6) is 0.0652. The van der Waals surface area contributed by atoms with Crippen molar-refractivity contribution in [3.05, 3.63) is 90.3 Å². The number of pyridine rings is 1. The number of rotatable bonds is 6. The van der Waals surface area contributed by atoms with Crippen LogP contribution in [-0.2, 0) is 11.2 Å². The van der Waals surface area contributed by atoms with E-state index in [0.29, 0.717) is 44.5 Å². The molecule has 1 aliphatic rings. The highest BCUT2D eigenvalue weighted by atomic mass is 16.2. The van der Waals surface area contributed by atoms with Crippen LogP contribution in [0, 0.1) is 5.41 Å². The maximum Gasteiger partial charge on any atom is 0.255 e. The van der Waals surface area contributed by atoms with E-state index in [1.165, 1.54) is 11.1 Å². The zero-order valence-corrected chi connectivity index (χ0v) is 18.5. The van der Waals surface area contributed by atoms with Crippen LogP contribution in [0.1, 0.15) is 35.7 Å². The largest absolute Gasteiger partial charge is 0.356 e. The lowest BCUT2D eigenvalue weighted by Gasteiger charge is -2.41. The maximum atomic E-state index is 13.1. The molecule has 0 radical (unpaired) electrons. The molecule has 2 amide bonds. The molecule has 0 unspecified atom stereocenters. The number of likely N-dealkylation sites (tertiary alicyclic amines) is 1. The third kappa shape index (κ3) is 4.72. The number of carbonyl (C=O) groups excluding carboxylic acids is 2. The normalized spacial score (nSPS) is 15.2. The molecule has 32 heavy (non-hydrogen) atoms. The summed E-state index contributed by atoms with van der Waals surface area (Å²) < 4.78 is 0. The Morgan fingerprint density at radius 1 is 0.938 bits per heavy atom. The summed E-state index contributed by atoms with van der Waals surface area (Å²) in [5.41, 5.74) is 3.58. The number of carbonyl (C=O) groups is 2. The summed E-state index contributed by atoms with van der Waals surface area (Å²) in [7, 11) is 0.